The minimum Gasteiger partial charge on any atom is -0.363 e. The first kappa shape index (κ1) is 16.6. The van der Waals surface area contributed by atoms with Crippen LogP contribution in [0.5, 0.6) is 0 Å². The van der Waals surface area contributed by atoms with Crippen molar-refractivity contribution in [1.82, 2.24) is 4.98 Å². The van der Waals surface area contributed by atoms with Gasteiger partial charge in [0.25, 0.3) is 0 Å². The van der Waals surface area contributed by atoms with Crippen LogP contribution < -0.4 is 5.32 Å². The summed E-state index contributed by atoms with van der Waals surface area (Å²) in [4.78, 5) is 3.84. The number of anilines is 1. The number of aromatic nitrogens is 1. The van der Waals surface area contributed by atoms with Crippen LogP contribution >= 0.6 is 27.5 Å². The molecule has 2 nitrogen and oxygen atoms in total. The lowest BCUT2D eigenvalue weighted by atomic mass is 9.95. The molecular formula is C12H15BrClF3N2. The molecule has 0 bridgehead atoms. The van der Waals surface area contributed by atoms with Gasteiger partial charge in [-0.3, -0.25) is 0 Å². The number of halogens is 5. The monoisotopic (exact) mass is 358 g/mol. The maximum atomic E-state index is 13.0. The normalized spacial score (nSPS) is 12.6. The summed E-state index contributed by atoms with van der Waals surface area (Å²) >= 11 is 8.89. The molecule has 1 aromatic rings. The zero-order valence-electron chi connectivity index (χ0n) is 10.6. The molecule has 0 aliphatic rings. The number of hydrogen-bond donors (Lipinski definition) is 1. The Balaban J connectivity index is 3.21. The van der Waals surface area contributed by atoms with Gasteiger partial charge >= 0.3 is 6.18 Å². The first-order valence-corrected chi connectivity index (χ1v) is 7.17. The molecule has 0 aliphatic carbocycles. The van der Waals surface area contributed by atoms with Crippen molar-refractivity contribution in [2.45, 2.75) is 38.4 Å². The van der Waals surface area contributed by atoms with Crippen LogP contribution in [0.15, 0.2) is 16.7 Å². The second-order valence-corrected chi connectivity index (χ2v) is 5.48. The molecule has 0 saturated carbocycles. The second kappa shape index (κ2) is 6.31. The van der Waals surface area contributed by atoms with E-state index in [0.717, 1.165) is 6.07 Å². The van der Waals surface area contributed by atoms with E-state index in [0.29, 0.717) is 12.8 Å². The van der Waals surface area contributed by atoms with Gasteiger partial charge < -0.3 is 5.32 Å². The molecule has 0 saturated heterocycles. The van der Waals surface area contributed by atoms with E-state index in [2.05, 4.69) is 26.2 Å². The molecule has 0 radical (unpaired) electrons. The average Bonchev–Trinajstić information content (AvgIpc) is 2.37. The molecule has 1 heterocycles. The fourth-order valence-corrected chi connectivity index (χ4v) is 2.43. The molecule has 0 amide bonds. The number of pyridine rings is 1. The van der Waals surface area contributed by atoms with Gasteiger partial charge in [0.15, 0.2) is 0 Å². The summed E-state index contributed by atoms with van der Waals surface area (Å²) in [5, 5.41) is 2.86. The zero-order valence-corrected chi connectivity index (χ0v) is 13.0. The molecule has 1 N–H and O–H groups in total. The highest BCUT2D eigenvalue weighted by Crippen LogP contribution is 2.37. The Morgan fingerprint density at radius 1 is 1.32 bits per heavy atom. The fraction of sp³-hybridized carbons (Fsp3) is 0.583. The third-order valence-corrected chi connectivity index (χ3v) is 4.10. The average molecular weight is 360 g/mol. The van der Waals surface area contributed by atoms with Gasteiger partial charge in [0.05, 0.1) is 11.1 Å². The standard InChI is InChI=1S/C12H15BrClF3N2/c1-3-11(4-2,7-14)19-10-9(12(15,16)17)5-8(13)6-18-10/h5-6H,3-4,7H2,1-2H3,(H,18,19). The molecule has 1 rings (SSSR count). The van der Waals surface area contributed by atoms with Crippen LogP contribution in [0.2, 0.25) is 0 Å². The highest BCUT2D eigenvalue weighted by molar-refractivity contribution is 9.10. The first-order chi connectivity index (χ1) is 8.78. The van der Waals surface area contributed by atoms with Crippen LogP contribution in [0.25, 0.3) is 0 Å². The smallest absolute Gasteiger partial charge is 0.363 e. The lowest BCUT2D eigenvalue weighted by molar-refractivity contribution is -0.137. The molecular weight excluding hydrogens is 344 g/mol. The van der Waals surface area contributed by atoms with Crippen molar-refractivity contribution >= 4 is 33.3 Å². The SMILES string of the molecule is CCC(CC)(CCl)Nc1ncc(Br)cc1C(F)(F)F. The second-order valence-electron chi connectivity index (χ2n) is 4.29. The van der Waals surface area contributed by atoms with Crippen LogP contribution in [0.4, 0.5) is 19.0 Å². The molecule has 0 aromatic carbocycles. The summed E-state index contributed by atoms with van der Waals surface area (Å²) < 4.78 is 39.2. The number of nitrogens with one attached hydrogen (secondary N) is 1. The van der Waals surface area contributed by atoms with E-state index in [1.807, 2.05) is 13.8 Å². The molecule has 108 valence electrons. The molecule has 0 atom stereocenters. The Morgan fingerprint density at radius 3 is 2.32 bits per heavy atom. The summed E-state index contributed by atoms with van der Waals surface area (Å²) in [6.07, 6.45) is -1.90. The van der Waals surface area contributed by atoms with Gasteiger partial charge in [0, 0.05) is 16.5 Å². The molecule has 7 heteroatoms. The van der Waals surface area contributed by atoms with E-state index < -0.39 is 17.3 Å². The highest BCUT2D eigenvalue weighted by atomic mass is 79.9. The minimum absolute atomic E-state index is 0.181. The van der Waals surface area contributed by atoms with Crippen molar-refractivity contribution in [3.63, 3.8) is 0 Å². The molecule has 0 fully saturated rings. The van der Waals surface area contributed by atoms with Crippen LogP contribution in [0.3, 0.4) is 0 Å². The molecule has 0 spiro atoms. The topological polar surface area (TPSA) is 24.9 Å². The van der Waals surface area contributed by atoms with Crippen molar-refractivity contribution in [1.29, 1.82) is 0 Å². The summed E-state index contributed by atoms with van der Waals surface area (Å²) in [7, 11) is 0. The van der Waals surface area contributed by atoms with Gasteiger partial charge in [-0.2, -0.15) is 13.2 Å². The Bertz CT molecular complexity index is 425. The van der Waals surface area contributed by atoms with Crippen molar-refractivity contribution in [3.05, 3.63) is 22.3 Å². The summed E-state index contributed by atoms with van der Waals surface area (Å²) in [5.74, 6) is 0.0368. The van der Waals surface area contributed by atoms with Crippen molar-refractivity contribution in [2.75, 3.05) is 11.2 Å². The third kappa shape index (κ3) is 3.99. The predicted octanol–water partition coefficient (Wildman–Crippen LogP) is 5.07. The van der Waals surface area contributed by atoms with Gasteiger partial charge in [-0.25, -0.2) is 4.98 Å². The number of rotatable bonds is 5. The Morgan fingerprint density at radius 2 is 1.89 bits per heavy atom. The van der Waals surface area contributed by atoms with E-state index in [1.165, 1.54) is 6.20 Å². The third-order valence-electron chi connectivity index (χ3n) is 3.15. The largest absolute Gasteiger partial charge is 0.419 e. The number of hydrogen-bond acceptors (Lipinski definition) is 2. The van der Waals surface area contributed by atoms with Crippen LogP contribution in [-0.2, 0) is 6.18 Å². The van der Waals surface area contributed by atoms with Crippen molar-refractivity contribution < 1.29 is 13.2 Å². The van der Waals surface area contributed by atoms with Gasteiger partial charge in [-0.15, -0.1) is 11.6 Å². The Hall–Kier alpha value is -0.490. The first-order valence-electron chi connectivity index (χ1n) is 5.85. The summed E-state index contributed by atoms with van der Waals surface area (Å²) in [5.41, 5.74) is -1.37. The minimum atomic E-state index is -4.46. The lowest BCUT2D eigenvalue weighted by Crippen LogP contribution is -2.40. The van der Waals surface area contributed by atoms with Gasteiger partial charge in [-0.05, 0) is 34.8 Å². The fourth-order valence-electron chi connectivity index (χ4n) is 1.66. The predicted molar refractivity (Wildman–Crippen MR) is 74.6 cm³/mol. The van der Waals surface area contributed by atoms with Crippen LogP contribution in [0, 0.1) is 0 Å². The maximum Gasteiger partial charge on any atom is 0.419 e. The van der Waals surface area contributed by atoms with Crippen molar-refractivity contribution in [3.8, 4) is 0 Å². The van der Waals surface area contributed by atoms with E-state index in [9.17, 15) is 13.2 Å². The summed E-state index contributed by atoms with van der Waals surface area (Å²) in [6.45, 7) is 3.76. The molecule has 0 aliphatic heterocycles. The van der Waals surface area contributed by atoms with E-state index in [-0.39, 0.29) is 16.2 Å². The molecule has 19 heavy (non-hydrogen) atoms. The van der Waals surface area contributed by atoms with Crippen molar-refractivity contribution in [2.24, 2.45) is 0 Å². The van der Waals surface area contributed by atoms with E-state index >= 15 is 0 Å². The Labute approximate surface area is 123 Å². The lowest BCUT2D eigenvalue weighted by Gasteiger charge is -2.32. The van der Waals surface area contributed by atoms with E-state index in [4.69, 9.17) is 11.6 Å². The molecule has 0 unspecified atom stereocenters. The Kier molecular flexibility index (Phi) is 5.50. The zero-order chi connectivity index (χ0) is 14.7. The van der Waals surface area contributed by atoms with Gasteiger partial charge in [0.1, 0.15) is 5.82 Å². The number of alkyl halides is 4. The van der Waals surface area contributed by atoms with Crippen LogP contribution in [-0.4, -0.2) is 16.4 Å². The maximum absolute atomic E-state index is 13.0. The van der Waals surface area contributed by atoms with E-state index in [1.54, 1.807) is 0 Å². The molecule has 1 aromatic heterocycles. The highest BCUT2D eigenvalue weighted by Gasteiger charge is 2.37. The quantitative estimate of drug-likeness (QED) is 0.742. The number of nitrogens with zero attached hydrogens (tertiary/aromatic N) is 1. The van der Waals surface area contributed by atoms with Gasteiger partial charge in [-0.1, -0.05) is 13.8 Å². The summed E-state index contributed by atoms with van der Waals surface area (Å²) in [6, 6.07) is 1.01. The van der Waals surface area contributed by atoms with Gasteiger partial charge in [0.2, 0.25) is 0 Å². The van der Waals surface area contributed by atoms with Crippen LogP contribution in [0.1, 0.15) is 32.3 Å².